The molecular formula is C16H11Cl3N4O4S. The molecule has 0 bridgehead atoms. The predicted octanol–water partition coefficient (Wildman–Crippen LogP) is 4.60. The third-order valence-corrected chi connectivity index (χ3v) is 5.87. The van der Waals surface area contributed by atoms with Gasteiger partial charge >= 0.3 is 0 Å². The standard InChI is InChI=1S/C16H11Cl3N4O4S/c17-11-2-1-10(14(18)7-11)8-22-9-15(19)16(20-22)21-28(26,27)13-5-3-12(4-6-13)23(24)25/h1-7,9H,8H2,(H,20,21). The Morgan fingerprint density at radius 1 is 1.07 bits per heavy atom. The molecule has 1 aromatic heterocycles. The topological polar surface area (TPSA) is 107 Å². The van der Waals surface area contributed by atoms with E-state index in [9.17, 15) is 18.5 Å². The van der Waals surface area contributed by atoms with Crippen LogP contribution in [0.4, 0.5) is 11.5 Å². The summed E-state index contributed by atoms with van der Waals surface area (Å²) in [6, 6.07) is 9.42. The van der Waals surface area contributed by atoms with Crippen LogP contribution in [0.15, 0.2) is 53.6 Å². The monoisotopic (exact) mass is 460 g/mol. The molecule has 3 rings (SSSR count). The molecular weight excluding hydrogens is 451 g/mol. The van der Waals surface area contributed by atoms with E-state index in [1.54, 1.807) is 18.2 Å². The molecule has 0 saturated heterocycles. The molecule has 0 atom stereocenters. The number of hydrogen-bond donors (Lipinski definition) is 1. The third kappa shape index (κ3) is 4.56. The summed E-state index contributed by atoms with van der Waals surface area (Å²) in [4.78, 5) is 9.90. The number of nitrogens with one attached hydrogen (secondary N) is 1. The molecule has 0 radical (unpaired) electrons. The minimum absolute atomic E-state index is 0.0786. The molecule has 0 aliphatic rings. The zero-order valence-electron chi connectivity index (χ0n) is 13.8. The van der Waals surface area contributed by atoms with Crippen LogP contribution in [0.2, 0.25) is 15.1 Å². The average molecular weight is 462 g/mol. The molecule has 0 spiro atoms. The van der Waals surface area contributed by atoms with Crippen LogP contribution >= 0.6 is 34.8 Å². The van der Waals surface area contributed by atoms with Crippen molar-refractivity contribution in [2.75, 3.05) is 4.72 Å². The first-order valence-corrected chi connectivity index (χ1v) is 10.2. The highest BCUT2D eigenvalue weighted by Gasteiger charge is 2.19. The SMILES string of the molecule is O=[N+]([O-])c1ccc(S(=O)(=O)Nc2nn(Cc3ccc(Cl)cc3Cl)cc2Cl)cc1. The summed E-state index contributed by atoms with van der Waals surface area (Å²) in [6.07, 6.45) is 1.44. The molecule has 1 N–H and O–H groups in total. The second kappa shape index (κ2) is 7.96. The summed E-state index contributed by atoms with van der Waals surface area (Å²) in [5.41, 5.74) is 0.496. The Balaban J connectivity index is 1.81. The first kappa shape index (κ1) is 20.4. The fourth-order valence-electron chi connectivity index (χ4n) is 2.30. The molecule has 0 aliphatic heterocycles. The molecule has 0 saturated carbocycles. The maximum atomic E-state index is 12.5. The van der Waals surface area contributed by atoms with Crippen LogP contribution < -0.4 is 4.72 Å². The highest BCUT2D eigenvalue weighted by Crippen LogP contribution is 2.26. The Morgan fingerprint density at radius 3 is 2.36 bits per heavy atom. The van der Waals surface area contributed by atoms with Crippen molar-refractivity contribution in [1.29, 1.82) is 0 Å². The summed E-state index contributed by atoms with van der Waals surface area (Å²) in [5, 5.41) is 15.8. The fraction of sp³-hybridized carbons (Fsp3) is 0.0625. The van der Waals surface area contributed by atoms with Gasteiger partial charge in [0.1, 0.15) is 5.02 Å². The Bertz CT molecular complexity index is 1150. The molecule has 146 valence electrons. The highest BCUT2D eigenvalue weighted by molar-refractivity contribution is 7.92. The summed E-state index contributed by atoms with van der Waals surface area (Å²) in [7, 11) is -4.03. The third-order valence-electron chi connectivity index (χ3n) is 3.65. The van der Waals surface area contributed by atoms with Gasteiger partial charge < -0.3 is 0 Å². The first-order chi connectivity index (χ1) is 13.2. The molecule has 2 aromatic carbocycles. The van der Waals surface area contributed by atoms with Crippen LogP contribution in [0.1, 0.15) is 5.56 Å². The quantitative estimate of drug-likeness (QED) is 0.426. The number of benzene rings is 2. The van der Waals surface area contributed by atoms with E-state index < -0.39 is 14.9 Å². The molecule has 0 amide bonds. The predicted molar refractivity (Wildman–Crippen MR) is 107 cm³/mol. The van der Waals surface area contributed by atoms with Crippen LogP contribution in [-0.2, 0) is 16.6 Å². The van der Waals surface area contributed by atoms with Crippen LogP contribution in [0, 0.1) is 10.1 Å². The van der Waals surface area contributed by atoms with Gasteiger partial charge in [-0.1, -0.05) is 40.9 Å². The number of nitrogens with zero attached hydrogens (tertiary/aromatic N) is 3. The molecule has 1 heterocycles. The summed E-state index contributed by atoms with van der Waals surface area (Å²) >= 11 is 18.1. The minimum Gasteiger partial charge on any atom is -0.265 e. The number of hydrogen-bond acceptors (Lipinski definition) is 5. The van der Waals surface area contributed by atoms with Crippen molar-refractivity contribution in [3.8, 4) is 0 Å². The number of anilines is 1. The lowest BCUT2D eigenvalue weighted by Gasteiger charge is -2.06. The van der Waals surface area contributed by atoms with Gasteiger partial charge in [-0.05, 0) is 29.8 Å². The summed E-state index contributed by atoms with van der Waals surface area (Å²) < 4.78 is 28.6. The number of nitro benzene ring substituents is 1. The van der Waals surface area contributed by atoms with E-state index in [0.29, 0.717) is 10.0 Å². The van der Waals surface area contributed by atoms with E-state index in [0.717, 1.165) is 29.8 Å². The molecule has 3 aromatic rings. The van der Waals surface area contributed by atoms with Gasteiger partial charge in [0.15, 0.2) is 5.82 Å². The van der Waals surface area contributed by atoms with Crippen molar-refractivity contribution in [2.24, 2.45) is 0 Å². The number of non-ortho nitro benzene ring substituents is 1. The fourth-order valence-corrected chi connectivity index (χ4v) is 4.04. The maximum Gasteiger partial charge on any atom is 0.269 e. The largest absolute Gasteiger partial charge is 0.269 e. The van der Waals surface area contributed by atoms with E-state index in [1.165, 1.54) is 10.9 Å². The van der Waals surface area contributed by atoms with Gasteiger partial charge in [-0.25, -0.2) is 8.42 Å². The van der Waals surface area contributed by atoms with Gasteiger partial charge in [0.25, 0.3) is 15.7 Å². The van der Waals surface area contributed by atoms with E-state index in [-0.39, 0.29) is 28.0 Å². The summed E-state index contributed by atoms with van der Waals surface area (Å²) in [6.45, 7) is 0.245. The van der Waals surface area contributed by atoms with Crippen molar-refractivity contribution in [2.45, 2.75) is 11.4 Å². The molecule has 0 aliphatic carbocycles. The first-order valence-electron chi connectivity index (χ1n) is 7.60. The zero-order valence-corrected chi connectivity index (χ0v) is 16.9. The van der Waals surface area contributed by atoms with Gasteiger partial charge in [-0.3, -0.25) is 19.5 Å². The van der Waals surface area contributed by atoms with Gasteiger partial charge in [0.05, 0.1) is 16.4 Å². The lowest BCUT2D eigenvalue weighted by molar-refractivity contribution is -0.384. The second-order valence-electron chi connectivity index (χ2n) is 5.62. The van der Waals surface area contributed by atoms with Crippen LogP contribution in [0.5, 0.6) is 0 Å². The van der Waals surface area contributed by atoms with Crippen LogP contribution in [0.3, 0.4) is 0 Å². The summed E-state index contributed by atoms with van der Waals surface area (Å²) in [5.74, 6) is -0.0786. The van der Waals surface area contributed by atoms with Gasteiger partial charge in [-0.2, -0.15) is 5.10 Å². The maximum absolute atomic E-state index is 12.5. The van der Waals surface area contributed by atoms with E-state index in [1.807, 2.05) is 0 Å². The van der Waals surface area contributed by atoms with Crippen LogP contribution in [-0.4, -0.2) is 23.1 Å². The van der Waals surface area contributed by atoms with Crippen molar-refractivity contribution < 1.29 is 13.3 Å². The molecule has 28 heavy (non-hydrogen) atoms. The Labute approximate surface area is 174 Å². The van der Waals surface area contributed by atoms with E-state index in [4.69, 9.17) is 34.8 Å². The number of nitro groups is 1. The van der Waals surface area contributed by atoms with Gasteiger partial charge in [0.2, 0.25) is 0 Å². The average Bonchev–Trinajstić information content (AvgIpc) is 2.96. The lowest BCUT2D eigenvalue weighted by Crippen LogP contribution is -2.14. The molecule has 12 heteroatoms. The molecule has 0 unspecified atom stereocenters. The normalized spacial score (nSPS) is 11.4. The lowest BCUT2D eigenvalue weighted by atomic mass is 10.2. The van der Waals surface area contributed by atoms with Crippen molar-refractivity contribution in [3.05, 3.63) is 79.4 Å². The molecule has 8 nitrogen and oxygen atoms in total. The number of aromatic nitrogens is 2. The highest BCUT2D eigenvalue weighted by atomic mass is 35.5. The van der Waals surface area contributed by atoms with Gasteiger partial charge in [-0.15, -0.1) is 0 Å². The second-order valence-corrected chi connectivity index (χ2v) is 8.55. The molecule has 0 fully saturated rings. The smallest absolute Gasteiger partial charge is 0.265 e. The van der Waals surface area contributed by atoms with Crippen molar-refractivity contribution in [1.82, 2.24) is 9.78 Å². The number of rotatable bonds is 6. The Hall–Kier alpha value is -2.33. The Kier molecular flexibility index (Phi) is 5.80. The van der Waals surface area contributed by atoms with Crippen molar-refractivity contribution >= 4 is 56.3 Å². The van der Waals surface area contributed by atoms with Crippen LogP contribution in [0.25, 0.3) is 0 Å². The zero-order chi connectivity index (χ0) is 20.5. The van der Waals surface area contributed by atoms with Crippen molar-refractivity contribution in [3.63, 3.8) is 0 Å². The van der Waals surface area contributed by atoms with Gasteiger partial charge in [0, 0.05) is 28.4 Å². The number of halogens is 3. The Morgan fingerprint density at radius 2 is 1.75 bits per heavy atom. The number of sulfonamides is 1. The minimum atomic E-state index is -4.03. The van der Waals surface area contributed by atoms with E-state index >= 15 is 0 Å². The van der Waals surface area contributed by atoms with E-state index in [2.05, 4.69) is 9.82 Å².